The van der Waals surface area contributed by atoms with Gasteiger partial charge in [0.05, 0.1) is 0 Å². The maximum absolute atomic E-state index is 6.10. The molecule has 11 heavy (non-hydrogen) atoms. The summed E-state index contributed by atoms with van der Waals surface area (Å²) in [5, 5.41) is 0.452. The lowest BCUT2D eigenvalue weighted by molar-refractivity contribution is 0.121. The van der Waals surface area contributed by atoms with E-state index in [-0.39, 0.29) is 0 Å². The molecule has 0 aromatic rings. The Morgan fingerprint density at radius 1 is 1.18 bits per heavy atom. The van der Waals surface area contributed by atoms with E-state index in [1.807, 2.05) is 0 Å². The summed E-state index contributed by atoms with van der Waals surface area (Å²) in [7, 11) is 0. The molecule has 2 unspecified atom stereocenters. The summed E-state index contributed by atoms with van der Waals surface area (Å²) in [6.07, 6.45) is 7.47. The van der Waals surface area contributed by atoms with Gasteiger partial charge in [0.1, 0.15) is 0 Å². The summed E-state index contributed by atoms with van der Waals surface area (Å²) < 4.78 is 0. The second-order valence-corrected chi connectivity index (χ2v) is 4.12. The third-order valence-corrected chi connectivity index (χ3v) is 3.37. The molecule has 1 saturated heterocycles. The first-order valence-corrected chi connectivity index (χ1v) is 5.01. The summed E-state index contributed by atoms with van der Waals surface area (Å²) in [5.41, 5.74) is 0. The fraction of sp³-hybridized carbons (Fsp3) is 0.889. The van der Waals surface area contributed by atoms with E-state index in [2.05, 4.69) is 11.3 Å². The monoisotopic (exact) mass is 172 g/mol. The van der Waals surface area contributed by atoms with E-state index in [0.717, 1.165) is 0 Å². The standard InChI is InChI=1S/C9H15ClN/c10-8-4-5-9(8)11-6-2-1-3-7-11/h1,8-9H,2-7H2. The average molecular weight is 173 g/mol. The molecule has 0 aromatic heterocycles. The van der Waals surface area contributed by atoms with Gasteiger partial charge < -0.3 is 0 Å². The van der Waals surface area contributed by atoms with Gasteiger partial charge in [-0.1, -0.05) is 0 Å². The smallest absolute Gasteiger partial charge is 0.0492 e. The van der Waals surface area contributed by atoms with E-state index in [9.17, 15) is 0 Å². The van der Waals surface area contributed by atoms with Gasteiger partial charge in [-0.15, -0.1) is 11.6 Å². The van der Waals surface area contributed by atoms with Crippen molar-refractivity contribution in [3.63, 3.8) is 0 Å². The molecule has 1 nitrogen and oxygen atoms in total. The largest absolute Gasteiger partial charge is 0.299 e. The van der Waals surface area contributed by atoms with Crippen LogP contribution in [0.25, 0.3) is 0 Å². The Morgan fingerprint density at radius 2 is 1.91 bits per heavy atom. The first-order valence-electron chi connectivity index (χ1n) is 4.58. The van der Waals surface area contributed by atoms with Crippen molar-refractivity contribution in [1.82, 2.24) is 4.90 Å². The van der Waals surface area contributed by atoms with Gasteiger partial charge in [0, 0.05) is 11.4 Å². The second kappa shape index (κ2) is 3.32. The predicted octanol–water partition coefficient (Wildman–Crippen LogP) is 2.06. The highest BCUT2D eigenvalue weighted by Gasteiger charge is 2.34. The second-order valence-electron chi connectivity index (χ2n) is 3.56. The minimum atomic E-state index is 0.452. The van der Waals surface area contributed by atoms with E-state index in [4.69, 9.17) is 11.6 Å². The van der Waals surface area contributed by atoms with Crippen LogP contribution in [-0.2, 0) is 0 Å². The lowest BCUT2D eigenvalue weighted by Crippen LogP contribution is -2.50. The molecule has 2 heteroatoms. The highest BCUT2D eigenvalue weighted by Crippen LogP contribution is 2.31. The molecule has 0 spiro atoms. The summed E-state index contributed by atoms with van der Waals surface area (Å²) >= 11 is 6.10. The Bertz CT molecular complexity index is 132. The zero-order chi connectivity index (χ0) is 7.68. The number of likely N-dealkylation sites (tertiary alicyclic amines) is 1. The normalized spacial score (nSPS) is 40.1. The van der Waals surface area contributed by atoms with Crippen LogP contribution >= 0.6 is 11.6 Å². The fourth-order valence-electron chi connectivity index (χ4n) is 1.96. The van der Waals surface area contributed by atoms with Crippen LogP contribution in [0, 0.1) is 6.42 Å². The number of rotatable bonds is 1. The minimum Gasteiger partial charge on any atom is -0.299 e. The van der Waals surface area contributed by atoms with Gasteiger partial charge in [0.15, 0.2) is 0 Å². The number of piperidine rings is 1. The summed E-state index contributed by atoms with van der Waals surface area (Å²) in [6, 6.07) is 0.713. The van der Waals surface area contributed by atoms with Crippen molar-refractivity contribution >= 4 is 11.6 Å². The van der Waals surface area contributed by atoms with Crippen molar-refractivity contribution < 1.29 is 0 Å². The Labute approximate surface area is 73.7 Å². The molecule has 2 rings (SSSR count). The molecular weight excluding hydrogens is 158 g/mol. The Kier molecular flexibility index (Phi) is 2.38. The Morgan fingerprint density at radius 3 is 2.36 bits per heavy atom. The van der Waals surface area contributed by atoms with Crippen LogP contribution in [0.5, 0.6) is 0 Å². The number of hydrogen-bond donors (Lipinski definition) is 0. The van der Waals surface area contributed by atoms with Gasteiger partial charge in [-0.2, -0.15) is 0 Å². The van der Waals surface area contributed by atoms with Crippen LogP contribution in [0.4, 0.5) is 0 Å². The molecule has 1 heterocycles. The van der Waals surface area contributed by atoms with Gasteiger partial charge >= 0.3 is 0 Å². The minimum absolute atomic E-state index is 0.452. The highest BCUT2D eigenvalue weighted by atomic mass is 35.5. The van der Waals surface area contributed by atoms with Gasteiger partial charge in [-0.05, 0) is 45.2 Å². The maximum atomic E-state index is 6.10. The lowest BCUT2D eigenvalue weighted by atomic mass is 9.89. The van der Waals surface area contributed by atoms with Crippen molar-refractivity contribution in [3.8, 4) is 0 Å². The van der Waals surface area contributed by atoms with Crippen molar-refractivity contribution in [1.29, 1.82) is 0 Å². The van der Waals surface area contributed by atoms with Gasteiger partial charge in [-0.3, -0.25) is 4.90 Å². The average Bonchev–Trinajstić information content (AvgIpc) is 2.04. The van der Waals surface area contributed by atoms with Crippen LogP contribution in [-0.4, -0.2) is 29.4 Å². The van der Waals surface area contributed by atoms with Crippen molar-refractivity contribution in [3.05, 3.63) is 6.42 Å². The van der Waals surface area contributed by atoms with Crippen LogP contribution in [0.2, 0.25) is 0 Å². The topological polar surface area (TPSA) is 3.24 Å². The van der Waals surface area contributed by atoms with Gasteiger partial charge in [-0.25, -0.2) is 0 Å². The molecule has 1 saturated carbocycles. The van der Waals surface area contributed by atoms with Crippen molar-refractivity contribution in [2.24, 2.45) is 0 Å². The molecule has 0 N–H and O–H groups in total. The molecule has 63 valence electrons. The van der Waals surface area contributed by atoms with Crippen LogP contribution in [0.1, 0.15) is 25.7 Å². The number of nitrogens with zero attached hydrogens (tertiary/aromatic N) is 1. The molecular formula is C9H15ClN. The Hall–Kier alpha value is 0.250. The fourth-order valence-corrected chi connectivity index (χ4v) is 2.37. The van der Waals surface area contributed by atoms with Crippen LogP contribution in [0.3, 0.4) is 0 Å². The molecule has 0 bridgehead atoms. The molecule has 2 fully saturated rings. The molecule has 2 atom stereocenters. The molecule has 2 aliphatic rings. The highest BCUT2D eigenvalue weighted by molar-refractivity contribution is 6.21. The SMILES string of the molecule is ClC1CCC1N1CC[CH]CC1. The van der Waals surface area contributed by atoms with Crippen molar-refractivity contribution in [2.75, 3.05) is 13.1 Å². The summed E-state index contributed by atoms with van der Waals surface area (Å²) in [6.45, 7) is 2.49. The van der Waals surface area contributed by atoms with Gasteiger partial charge in [0.25, 0.3) is 0 Å². The van der Waals surface area contributed by atoms with Crippen LogP contribution in [0.15, 0.2) is 0 Å². The van der Waals surface area contributed by atoms with Crippen LogP contribution < -0.4 is 0 Å². The van der Waals surface area contributed by atoms with E-state index >= 15 is 0 Å². The summed E-state index contributed by atoms with van der Waals surface area (Å²) in [4.78, 5) is 2.56. The summed E-state index contributed by atoms with van der Waals surface area (Å²) in [5.74, 6) is 0. The zero-order valence-corrected chi connectivity index (χ0v) is 7.56. The number of halogens is 1. The Balaban J connectivity index is 1.83. The molecule has 1 aliphatic carbocycles. The first kappa shape index (κ1) is 7.88. The maximum Gasteiger partial charge on any atom is 0.0492 e. The van der Waals surface area contributed by atoms with E-state index in [1.54, 1.807) is 0 Å². The van der Waals surface area contributed by atoms with E-state index < -0.39 is 0 Å². The molecule has 1 aliphatic heterocycles. The number of hydrogen-bond acceptors (Lipinski definition) is 1. The van der Waals surface area contributed by atoms with E-state index in [1.165, 1.54) is 38.8 Å². The van der Waals surface area contributed by atoms with E-state index in [0.29, 0.717) is 11.4 Å². The number of alkyl halides is 1. The molecule has 1 radical (unpaired) electrons. The third kappa shape index (κ3) is 1.54. The quantitative estimate of drug-likeness (QED) is 0.548. The molecule has 0 amide bonds. The molecule has 0 aromatic carbocycles. The lowest BCUT2D eigenvalue weighted by Gasteiger charge is -2.43. The third-order valence-electron chi connectivity index (χ3n) is 2.87. The first-order chi connectivity index (χ1) is 5.38. The van der Waals surface area contributed by atoms with Crippen molar-refractivity contribution in [2.45, 2.75) is 37.1 Å². The van der Waals surface area contributed by atoms with Gasteiger partial charge in [0.2, 0.25) is 0 Å². The zero-order valence-electron chi connectivity index (χ0n) is 6.80. The predicted molar refractivity (Wildman–Crippen MR) is 47.8 cm³/mol.